The van der Waals surface area contributed by atoms with Crippen LogP contribution in [0.2, 0.25) is 0 Å². The van der Waals surface area contributed by atoms with Gasteiger partial charge in [-0.15, -0.1) is 0 Å². The van der Waals surface area contributed by atoms with Crippen LogP contribution >= 0.6 is 0 Å². The van der Waals surface area contributed by atoms with Gasteiger partial charge in [0.15, 0.2) is 0 Å². The van der Waals surface area contributed by atoms with Gasteiger partial charge in [-0.3, -0.25) is 4.90 Å². The van der Waals surface area contributed by atoms with Crippen LogP contribution in [0.1, 0.15) is 84.2 Å². The minimum atomic E-state index is -1.33. The van der Waals surface area contributed by atoms with Crippen LogP contribution in [0, 0.1) is 11.8 Å². The topological polar surface area (TPSA) is 58.6 Å². The third-order valence-corrected chi connectivity index (χ3v) is 7.90. The fraction of sp³-hybridized carbons (Fsp3) is 0.500. The molecule has 1 fully saturated rings. The van der Waals surface area contributed by atoms with Gasteiger partial charge >= 0.3 is 0 Å². The summed E-state index contributed by atoms with van der Waals surface area (Å²) < 4.78 is 11.9. The first kappa shape index (κ1) is 33.0. The van der Waals surface area contributed by atoms with E-state index in [0.717, 1.165) is 22.6 Å². The van der Waals surface area contributed by atoms with Crippen LogP contribution in [-0.2, 0) is 26.1 Å². The Morgan fingerprint density at radius 3 is 1.40 bits per heavy atom. The van der Waals surface area contributed by atoms with Gasteiger partial charge in [-0.2, -0.15) is 9.78 Å². The van der Waals surface area contributed by atoms with Gasteiger partial charge in [-0.05, 0) is 59.2 Å². The second-order valence-electron chi connectivity index (χ2n) is 13.4. The maximum Gasteiger partial charge on any atom is 0.242 e. The molecule has 7 nitrogen and oxygen atoms in total. The smallest absolute Gasteiger partial charge is 0.242 e. The van der Waals surface area contributed by atoms with Crippen LogP contribution in [-0.4, -0.2) is 36.1 Å². The summed E-state index contributed by atoms with van der Waals surface area (Å²) in [4.78, 5) is 27.9. The first-order chi connectivity index (χ1) is 20.3. The van der Waals surface area contributed by atoms with E-state index in [1.165, 1.54) is 5.56 Å². The summed E-state index contributed by atoms with van der Waals surface area (Å²) in [5, 5.41) is 0. The van der Waals surface area contributed by atoms with E-state index in [4.69, 9.17) is 29.0 Å². The Bertz CT molecular complexity index is 1230. The molecule has 0 aliphatic carbocycles. The van der Waals surface area contributed by atoms with Gasteiger partial charge in [0, 0.05) is 41.6 Å². The molecule has 3 aromatic carbocycles. The zero-order valence-electron chi connectivity index (χ0n) is 27.4. The van der Waals surface area contributed by atoms with E-state index < -0.39 is 17.0 Å². The molecular weight excluding hydrogens is 542 g/mol. The quantitative estimate of drug-likeness (QED) is 0.133. The highest BCUT2D eigenvalue weighted by Gasteiger charge is 2.61. The van der Waals surface area contributed by atoms with Crippen molar-refractivity contribution in [1.29, 1.82) is 0 Å². The predicted molar refractivity (Wildman–Crippen MR) is 168 cm³/mol. The number of hydrogen-bond acceptors (Lipinski definition) is 7. The van der Waals surface area contributed by atoms with Crippen molar-refractivity contribution < 1.29 is 29.0 Å². The van der Waals surface area contributed by atoms with E-state index in [2.05, 4.69) is 55.1 Å². The Morgan fingerprint density at radius 2 is 1.00 bits per heavy atom. The molecule has 1 heterocycles. The molecule has 43 heavy (non-hydrogen) atoms. The molecule has 0 saturated carbocycles. The Balaban J connectivity index is 2.02. The monoisotopic (exact) mass is 591 g/mol. The fourth-order valence-corrected chi connectivity index (χ4v) is 6.01. The molecule has 0 N–H and O–H groups in total. The molecule has 4 atom stereocenters. The highest BCUT2D eigenvalue weighted by atomic mass is 17.3. The van der Waals surface area contributed by atoms with Crippen molar-refractivity contribution in [3.05, 3.63) is 95.6 Å². The van der Waals surface area contributed by atoms with Gasteiger partial charge in [0.25, 0.3) is 0 Å². The number of hydrogen-bond donors (Lipinski definition) is 0. The number of para-hydroxylation sites is 2. The van der Waals surface area contributed by atoms with E-state index in [0.29, 0.717) is 6.54 Å². The number of rotatable bonds is 10. The van der Waals surface area contributed by atoms with Crippen LogP contribution in [0.25, 0.3) is 0 Å². The summed E-state index contributed by atoms with van der Waals surface area (Å²) >= 11 is 0. The van der Waals surface area contributed by atoms with Gasteiger partial charge in [0.1, 0.15) is 11.5 Å². The zero-order chi connectivity index (χ0) is 31.4. The molecule has 4 rings (SSSR count). The van der Waals surface area contributed by atoms with Crippen LogP contribution in [0.5, 0.6) is 11.5 Å². The Hall–Kier alpha value is -2.94. The molecule has 0 bridgehead atoms. The number of nitrogens with zero attached hydrogens (tertiary/aromatic N) is 1. The van der Waals surface area contributed by atoms with Crippen molar-refractivity contribution in [2.75, 3.05) is 14.2 Å². The highest BCUT2D eigenvalue weighted by molar-refractivity contribution is 5.41. The molecule has 3 aromatic rings. The lowest BCUT2D eigenvalue weighted by Crippen LogP contribution is -2.62. The van der Waals surface area contributed by atoms with Crippen LogP contribution in [0.3, 0.4) is 0 Å². The lowest BCUT2D eigenvalue weighted by Gasteiger charge is -2.57. The molecule has 0 aromatic heterocycles. The van der Waals surface area contributed by atoms with Gasteiger partial charge in [-0.25, -0.2) is 9.78 Å². The molecular formula is C36H49NO6. The normalized spacial score (nSPS) is 22.7. The number of benzene rings is 3. The largest absolute Gasteiger partial charge is 0.496 e. The SMILES string of the molecule is COc1ccccc1C1C(C)C(OOC(C)(C)C)(OOC(C)(C)C)C(C)C(c2ccccc2OC)N1Cc1ccccc1. The van der Waals surface area contributed by atoms with Gasteiger partial charge < -0.3 is 9.47 Å². The van der Waals surface area contributed by atoms with E-state index >= 15 is 0 Å². The minimum Gasteiger partial charge on any atom is -0.496 e. The van der Waals surface area contributed by atoms with E-state index in [9.17, 15) is 0 Å². The lowest BCUT2D eigenvalue weighted by atomic mass is 9.70. The minimum absolute atomic E-state index is 0.241. The fourth-order valence-electron chi connectivity index (χ4n) is 6.01. The third-order valence-electron chi connectivity index (χ3n) is 7.90. The van der Waals surface area contributed by atoms with Crippen molar-refractivity contribution >= 4 is 0 Å². The van der Waals surface area contributed by atoms with Crippen molar-refractivity contribution in [3.63, 3.8) is 0 Å². The summed E-state index contributed by atoms with van der Waals surface area (Å²) in [6.45, 7) is 16.7. The van der Waals surface area contributed by atoms with E-state index in [-0.39, 0.29) is 23.9 Å². The Kier molecular flexibility index (Phi) is 10.2. The molecule has 0 amide bonds. The maximum absolute atomic E-state index is 6.55. The average Bonchev–Trinajstić information content (AvgIpc) is 2.97. The number of piperidine rings is 1. The average molecular weight is 592 g/mol. The van der Waals surface area contributed by atoms with Gasteiger partial charge in [0.2, 0.25) is 5.79 Å². The third kappa shape index (κ3) is 7.41. The van der Waals surface area contributed by atoms with Gasteiger partial charge in [-0.1, -0.05) is 80.6 Å². The lowest BCUT2D eigenvalue weighted by molar-refractivity contribution is -0.571. The van der Waals surface area contributed by atoms with Crippen molar-refractivity contribution in [2.45, 2.75) is 91.0 Å². The summed E-state index contributed by atoms with van der Waals surface area (Å²) in [7, 11) is 3.42. The highest BCUT2D eigenvalue weighted by Crippen LogP contribution is 2.58. The second kappa shape index (κ2) is 13.4. The molecule has 4 unspecified atom stereocenters. The molecule has 1 aliphatic rings. The summed E-state index contributed by atoms with van der Waals surface area (Å²) in [6, 6.07) is 26.3. The maximum atomic E-state index is 6.55. The van der Waals surface area contributed by atoms with E-state index in [1.807, 2.05) is 84.0 Å². The van der Waals surface area contributed by atoms with Crippen LogP contribution in [0.4, 0.5) is 0 Å². The first-order valence-corrected chi connectivity index (χ1v) is 15.1. The summed E-state index contributed by atoms with van der Waals surface area (Å²) in [5.41, 5.74) is 2.02. The van der Waals surface area contributed by atoms with E-state index in [1.54, 1.807) is 14.2 Å². The molecule has 0 spiro atoms. The number of likely N-dealkylation sites (tertiary alicyclic amines) is 1. The van der Waals surface area contributed by atoms with Crippen LogP contribution in [0.15, 0.2) is 78.9 Å². The molecule has 0 radical (unpaired) electrons. The zero-order valence-corrected chi connectivity index (χ0v) is 27.4. The van der Waals surface area contributed by atoms with Crippen molar-refractivity contribution in [2.24, 2.45) is 11.8 Å². The van der Waals surface area contributed by atoms with Gasteiger partial charge in [0.05, 0.1) is 25.4 Å². The standard InChI is InChI=1S/C36H49NO6/c1-25-32(28-20-14-16-22-30(28)38-9)37(24-27-18-12-11-13-19-27)33(29-21-15-17-23-31(29)39-10)26(2)36(25,42-40-34(3,4)5)43-41-35(6,7)8/h11-23,25-26,32-33H,24H2,1-10H3. The van der Waals surface area contributed by atoms with Crippen molar-refractivity contribution in [3.8, 4) is 11.5 Å². The number of ether oxygens (including phenoxy) is 2. The second-order valence-corrected chi connectivity index (χ2v) is 13.4. The predicted octanol–water partition coefficient (Wildman–Crippen LogP) is 8.46. The Labute approximate surface area is 257 Å². The molecule has 7 heteroatoms. The van der Waals surface area contributed by atoms with Crippen molar-refractivity contribution in [1.82, 2.24) is 4.90 Å². The Morgan fingerprint density at radius 1 is 0.605 bits per heavy atom. The molecule has 1 aliphatic heterocycles. The summed E-state index contributed by atoms with van der Waals surface area (Å²) in [6.07, 6.45) is 0. The first-order valence-electron chi connectivity index (χ1n) is 15.1. The summed E-state index contributed by atoms with van der Waals surface area (Å²) in [5.74, 6) is -0.345. The number of methoxy groups -OCH3 is 2. The molecule has 234 valence electrons. The van der Waals surface area contributed by atoms with Crippen LogP contribution < -0.4 is 9.47 Å². The molecule has 1 saturated heterocycles.